The highest BCUT2D eigenvalue weighted by Gasteiger charge is 2.18. The van der Waals surface area contributed by atoms with Crippen molar-refractivity contribution in [2.45, 2.75) is 43.1 Å². The van der Waals surface area contributed by atoms with Crippen molar-refractivity contribution < 1.29 is 13.2 Å². The average Bonchev–Trinajstić information content (AvgIpc) is 2.47. The van der Waals surface area contributed by atoms with Crippen LogP contribution in [-0.4, -0.2) is 27.7 Å². The Hall–Kier alpha value is -0.820. The van der Waals surface area contributed by atoms with Crippen molar-refractivity contribution in [2.75, 3.05) is 18.9 Å². The second-order valence-electron chi connectivity index (χ2n) is 5.22. The lowest BCUT2D eigenvalue weighted by atomic mass is 9.98. The Morgan fingerprint density at radius 1 is 1.29 bits per heavy atom. The molecular formula is C14H21ClN2O3S. The van der Waals surface area contributed by atoms with E-state index < -0.39 is 10.0 Å². The van der Waals surface area contributed by atoms with E-state index in [-0.39, 0.29) is 22.6 Å². The van der Waals surface area contributed by atoms with Gasteiger partial charge < -0.3 is 10.5 Å². The molecule has 21 heavy (non-hydrogen) atoms. The molecule has 3 N–H and O–H groups in total. The minimum atomic E-state index is -3.66. The van der Waals surface area contributed by atoms with Gasteiger partial charge in [0.1, 0.15) is 4.90 Å². The number of halogens is 1. The SMILES string of the molecule is Nc1ccc(Cl)c(S(=O)(=O)NCCOC2CCCCC2)c1. The van der Waals surface area contributed by atoms with Gasteiger partial charge in [-0.15, -0.1) is 0 Å². The quantitative estimate of drug-likeness (QED) is 0.619. The standard InChI is InChI=1S/C14H21ClN2O3S/c15-13-7-6-11(16)10-14(13)21(18,19)17-8-9-20-12-4-2-1-3-5-12/h6-7,10,12,17H,1-5,8-9,16H2. The van der Waals surface area contributed by atoms with Crippen LogP contribution < -0.4 is 10.5 Å². The maximum absolute atomic E-state index is 12.1. The highest BCUT2D eigenvalue weighted by atomic mass is 35.5. The maximum Gasteiger partial charge on any atom is 0.242 e. The zero-order chi connectivity index (χ0) is 15.3. The van der Waals surface area contributed by atoms with Gasteiger partial charge in [-0.1, -0.05) is 30.9 Å². The summed E-state index contributed by atoms with van der Waals surface area (Å²) in [5.41, 5.74) is 5.96. The Morgan fingerprint density at radius 2 is 2.00 bits per heavy atom. The summed E-state index contributed by atoms with van der Waals surface area (Å²) < 4.78 is 32.5. The molecule has 0 radical (unpaired) electrons. The highest BCUT2D eigenvalue weighted by Crippen LogP contribution is 2.23. The first-order valence-corrected chi connectivity index (χ1v) is 9.01. The van der Waals surface area contributed by atoms with Crippen molar-refractivity contribution in [3.63, 3.8) is 0 Å². The van der Waals surface area contributed by atoms with Crippen LogP contribution in [0.5, 0.6) is 0 Å². The third-order valence-corrected chi connectivity index (χ3v) is 5.49. The summed E-state index contributed by atoms with van der Waals surface area (Å²) in [6.45, 7) is 0.591. The van der Waals surface area contributed by atoms with Crippen molar-refractivity contribution in [1.29, 1.82) is 0 Å². The van der Waals surface area contributed by atoms with E-state index in [9.17, 15) is 8.42 Å². The first kappa shape index (κ1) is 16.5. The molecule has 0 amide bonds. The predicted octanol–water partition coefficient (Wildman–Crippen LogP) is 2.55. The molecular weight excluding hydrogens is 312 g/mol. The second-order valence-corrected chi connectivity index (χ2v) is 7.36. The van der Waals surface area contributed by atoms with Gasteiger partial charge in [0.2, 0.25) is 10.0 Å². The van der Waals surface area contributed by atoms with Crippen molar-refractivity contribution in [3.05, 3.63) is 23.2 Å². The van der Waals surface area contributed by atoms with Gasteiger partial charge in [-0.05, 0) is 31.0 Å². The van der Waals surface area contributed by atoms with Crippen LogP contribution in [0, 0.1) is 0 Å². The topological polar surface area (TPSA) is 81.4 Å². The van der Waals surface area contributed by atoms with Crippen molar-refractivity contribution in [3.8, 4) is 0 Å². The molecule has 118 valence electrons. The van der Waals surface area contributed by atoms with E-state index in [2.05, 4.69) is 4.72 Å². The number of sulfonamides is 1. The van der Waals surface area contributed by atoms with Gasteiger partial charge in [0.25, 0.3) is 0 Å². The van der Waals surface area contributed by atoms with Crippen LogP contribution in [0.2, 0.25) is 5.02 Å². The second kappa shape index (κ2) is 7.45. The van der Waals surface area contributed by atoms with Crippen LogP contribution in [0.15, 0.2) is 23.1 Å². The summed E-state index contributed by atoms with van der Waals surface area (Å²) in [5.74, 6) is 0. The van der Waals surface area contributed by atoms with Gasteiger partial charge in [-0.3, -0.25) is 0 Å². The fraction of sp³-hybridized carbons (Fsp3) is 0.571. The average molecular weight is 333 g/mol. The molecule has 0 bridgehead atoms. The number of anilines is 1. The monoisotopic (exact) mass is 332 g/mol. The van der Waals surface area contributed by atoms with Crippen LogP contribution in [0.25, 0.3) is 0 Å². The fourth-order valence-corrected chi connectivity index (χ4v) is 3.98. The molecule has 0 atom stereocenters. The maximum atomic E-state index is 12.1. The Labute approximate surface area is 130 Å². The Bertz CT molecular complexity index is 572. The first-order chi connectivity index (χ1) is 9.99. The molecule has 0 aromatic heterocycles. The molecule has 1 saturated carbocycles. The lowest BCUT2D eigenvalue weighted by Gasteiger charge is -2.22. The zero-order valence-corrected chi connectivity index (χ0v) is 13.4. The number of ether oxygens (including phenoxy) is 1. The lowest BCUT2D eigenvalue weighted by molar-refractivity contribution is 0.0321. The highest BCUT2D eigenvalue weighted by molar-refractivity contribution is 7.89. The van der Waals surface area contributed by atoms with E-state index in [0.717, 1.165) is 12.8 Å². The lowest BCUT2D eigenvalue weighted by Crippen LogP contribution is -2.29. The Morgan fingerprint density at radius 3 is 2.71 bits per heavy atom. The molecule has 0 aliphatic heterocycles. The normalized spacial score (nSPS) is 17.0. The van der Waals surface area contributed by atoms with Crippen LogP contribution in [0.4, 0.5) is 5.69 Å². The minimum Gasteiger partial charge on any atom is -0.399 e. The number of nitrogens with two attached hydrogens (primary N) is 1. The number of rotatable bonds is 6. The van der Waals surface area contributed by atoms with Gasteiger partial charge in [-0.25, -0.2) is 13.1 Å². The number of nitrogens with one attached hydrogen (secondary N) is 1. The number of hydrogen-bond donors (Lipinski definition) is 2. The van der Waals surface area contributed by atoms with Gasteiger partial charge >= 0.3 is 0 Å². The molecule has 1 aromatic rings. The summed E-state index contributed by atoms with van der Waals surface area (Å²) in [4.78, 5) is 0.00170. The van der Waals surface area contributed by atoms with Crippen molar-refractivity contribution in [1.82, 2.24) is 4.72 Å². The molecule has 1 aromatic carbocycles. The van der Waals surface area contributed by atoms with Crippen LogP contribution in [0.1, 0.15) is 32.1 Å². The van der Waals surface area contributed by atoms with Crippen LogP contribution in [0.3, 0.4) is 0 Å². The summed E-state index contributed by atoms with van der Waals surface area (Å²) in [5, 5.41) is 0.157. The third-order valence-electron chi connectivity index (χ3n) is 3.54. The molecule has 0 saturated heterocycles. The zero-order valence-electron chi connectivity index (χ0n) is 11.8. The van der Waals surface area contributed by atoms with E-state index >= 15 is 0 Å². The van der Waals surface area contributed by atoms with Crippen molar-refractivity contribution in [2.24, 2.45) is 0 Å². The van der Waals surface area contributed by atoms with E-state index in [1.807, 2.05) is 0 Å². The fourth-order valence-electron chi connectivity index (χ4n) is 2.44. The summed E-state index contributed by atoms with van der Waals surface area (Å²) in [6, 6.07) is 4.39. The number of nitrogen functional groups attached to an aromatic ring is 1. The summed E-state index contributed by atoms with van der Waals surface area (Å²) >= 11 is 5.91. The number of hydrogen-bond acceptors (Lipinski definition) is 4. The molecule has 1 aliphatic carbocycles. The Kier molecular flexibility index (Phi) is 5.87. The van der Waals surface area contributed by atoms with E-state index in [1.165, 1.54) is 31.4 Å². The van der Waals surface area contributed by atoms with Crippen LogP contribution >= 0.6 is 11.6 Å². The largest absolute Gasteiger partial charge is 0.399 e. The summed E-state index contributed by atoms with van der Waals surface area (Å²) in [6.07, 6.45) is 6.03. The molecule has 1 aliphatic rings. The first-order valence-electron chi connectivity index (χ1n) is 7.15. The molecule has 0 heterocycles. The molecule has 2 rings (SSSR count). The van der Waals surface area contributed by atoms with E-state index in [4.69, 9.17) is 22.1 Å². The molecule has 0 unspecified atom stereocenters. The van der Waals surface area contributed by atoms with E-state index in [1.54, 1.807) is 6.07 Å². The number of benzene rings is 1. The Balaban J connectivity index is 1.85. The van der Waals surface area contributed by atoms with Gasteiger partial charge in [0, 0.05) is 12.2 Å². The van der Waals surface area contributed by atoms with E-state index in [0.29, 0.717) is 12.3 Å². The van der Waals surface area contributed by atoms with Gasteiger partial charge in [-0.2, -0.15) is 0 Å². The smallest absolute Gasteiger partial charge is 0.242 e. The van der Waals surface area contributed by atoms with Crippen LogP contribution in [-0.2, 0) is 14.8 Å². The molecule has 0 spiro atoms. The molecule has 7 heteroatoms. The van der Waals surface area contributed by atoms with Gasteiger partial charge in [0.05, 0.1) is 17.7 Å². The summed E-state index contributed by atoms with van der Waals surface area (Å²) in [7, 11) is -3.66. The molecule has 5 nitrogen and oxygen atoms in total. The predicted molar refractivity (Wildman–Crippen MR) is 83.9 cm³/mol. The molecule has 1 fully saturated rings. The van der Waals surface area contributed by atoms with Crippen molar-refractivity contribution >= 4 is 27.3 Å². The minimum absolute atomic E-state index is 0.00170. The third kappa shape index (κ3) is 4.85. The van der Waals surface area contributed by atoms with Gasteiger partial charge in [0.15, 0.2) is 0 Å².